The number of benzene rings is 1. The maximum Gasteiger partial charge on any atom is 0.296 e. The summed E-state index contributed by atoms with van der Waals surface area (Å²) in [5.41, 5.74) is 1.64. The Bertz CT molecular complexity index is 1110. The lowest BCUT2D eigenvalue weighted by Gasteiger charge is -2.24. The molecule has 0 aliphatic carbocycles. The van der Waals surface area contributed by atoms with Crippen LogP contribution < -0.4 is 4.74 Å². The lowest BCUT2D eigenvalue weighted by atomic mass is 9.98. The SMILES string of the molecule is COc1cccc(/C(O)=C2\C(=O)C(=O)N(Cc3cccnc3)[C@H]2c2ccccn2)c1. The van der Waals surface area contributed by atoms with Gasteiger partial charge in [-0.05, 0) is 35.9 Å². The van der Waals surface area contributed by atoms with Gasteiger partial charge in [-0.3, -0.25) is 19.6 Å². The molecule has 1 amide bonds. The van der Waals surface area contributed by atoms with Gasteiger partial charge < -0.3 is 14.7 Å². The van der Waals surface area contributed by atoms with Crippen molar-refractivity contribution < 1.29 is 19.4 Å². The lowest BCUT2D eigenvalue weighted by molar-refractivity contribution is -0.140. The monoisotopic (exact) mass is 401 g/mol. The van der Waals surface area contributed by atoms with Crippen LogP contribution in [0.4, 0.5) is 0 Å². The minimum absolute atomic E-state index is 0.00385. The van der Waals surface area contributed by atoms with Crippen molar-refractivity contribution in [1.82, 2.24) is 14.9 Å². The van der Waals surface area contributed by atoms with Gasteiger partial charge in [0.05, 0.1) is 18.4 Å². The van der Waals surface area contributed by atoms with Crippen molar-refractivity contribution in [3.05, 3.63) is 95.6 Å². The quantitative estimate of drug-likeness (QED) is 0.401. The molecule has 7 nitrogen and oxygen atoms in total. The number of aromatic nitrogens is 2. The van der Waals surface area contributed by atoms with Crippen molar-refractivity contribution >= 4 is 17.4 Å². The zero-order chi connectivity index (χ0) is 21.1. The number of ketones is 1. The molecule has 0 radical (unpaired) electrons. The van der Waals surface area contributed by atoms with Crippen molar-refractivity contribution in [3.63, 3.8) is 0 Å². The van der Waals surface area contributed by atoms with Crippen molar-refractivity contribution in [1.29, 1.82) is 0 Å². The third-order valence-electron chi connectivity index (χ3n) is 4.93. The van der Waals surface area contributed by atoms with Crippen LogP contribution in [0.25, 0.3) is 5.76 Å². The molecule has 2 aromatic heterocycles. The molecule has 0 bridgehead atoms. The number of nitrogens with zero attached hydrogens (tertiary/aromatic N) is 3. The minimum atomic E-state index is -0.822. The van der Waals surface area contributed by atoms with Crippen LogP contribution in [0.3, 0.4) is 0 Å². The molecule has 150 valence electrons. The topological polar surface area (TPSA) is 92.6 Å². The molecule has 1 atom stereocenters. The van der Waals surface area contributed by atoms with Crippen LogP contribution >= 0.6 is 0 Å². The molecule has 3 heterocycles. The van der Waals surface area contributed by atoms with Crippen molar-refractivity contribution in [3.8, 4) is 5.75 Å². The Hall–Kier alpha value is -4.00. The number of aliphatic hydroxyl groups excluding tert-OH is 1. The van der Waals surface area contributed by atoms with E-state index in [-0.39, 0.29) is 17.9 Å². The Morgan fingerprint density at radius 2 is 1.97 bits per heavy atom. The molecule has 1 saturated heterocycles. The number of carbonyl (C=O) groups is 2. The zero-order valence-corrected chi connectivity index (χ0v) is 16.2. The van der Waals surface area contributed by atoms with E-state index < -0.39 is 17.7 Å². The van der Waals surface area contributed by atoms with Crippen LogP contribution in [-0.4, -0.2) is 38.8 Å². The number of methoxy groups -OCH3 is 1. The summed E-state index contributed by atoms with van der Waals surface area (Å²) in [5, 5.41) is 11.0. The predicted octanol–water partition coefficient (Wildman–Crippen LogP) is 3.11. The molecule has 1 aliphatic heterocycles. The minimum Gasteiger partial charge on any atom is -0.507 e. The van der Waals surface area contributed by atoms with E-state index >= 15 is 0 Å². The first-order valence-corrected chi connectivity index (χ1v) is 9.33. The maximum atomic E-state index is 13.0. The van der Waals surface area contributed by atoms with Crippen molar-refractivity contribution in [2.75, 3.05) is 7.11 Å². The molecular formula is C23H19N3O4. The Labute approximate surface area is 173 Å². The maximum absolute atomic E-state index is 13.0. The summed E-state index contributed by atoms with van der Waals surface area (Å²) in [7, 11) is 1.51. The number of rotatable bonds is 5. The number of pyridine rings is 2. The highest BCUT2D eigenvalue weighted by Gasteiger charge is 2.46. The summed E-state index contributed by atoms with van der Waals surface area (Å²) in [6, 6.07) is 14.7. The first kappa shape index (κ1) is 19.3. The van der Waals surface area contributed by atoms with Gasteiger partial charge in [0.1, 0.15) is 17.6 Å². The smallest absolute Gasteiger partial charge is 0.296 e. The molecule has 30 heavy (non-hydrogen) atoms. The van der Waals surface area contributed by atoms with Crippen LogP contribution in [0, 0.1) is 0 Å². The largest absolute Gasteiger partial charge is 0.507 e. The van der Waals surface area contributed by atoms with E-state index in [1.165, 1.54) is 12.0 Å². The number of aliphatic hydroxyl groups is 1. The number of ether oxygens (including phenoxy) is 1. The highest BCUT2D eigenvalue weighted by Crippen LogP contribution is 2.39. The summed E-state index contributed by atoms with van der Waals surface area (Å²) in [6.07, 6.45) is 4.86. The number of hydrogen-bond acceptors (Lipinski definition) is 6. The molecule has 0 saturated carbocycles. The summed E-state index contributed by atoms with van der Waals surface area (Å²) < 4.78 is 5.21. The number of amides is 1. The third-order valence-corrected chi connectivity index (χ3v) is 4.93. The van der Waals surface area contributed by atoms with Gasteiger partial charge in [-0.15, -0.1) is 0 Å². The van der Waals surface area contributed by atoms with Gasteiger partial charge in [0.25, 0.3) is 11.7 Å². The van der Waals surface area contributed by atoms with Crippen LogP contribution in [-0.2, 0) is 16.1 Å². The molecule has 7 heteroatoms. The molecule has 1 aliphatic rings. The highest BCUT2D eigenvalue weighted by atomic mass is 16.5. The number of hydrogen-bond donors (Lipinski definition) is 1. The van der Waals surface area contributed by atoms with E-state index in [4.69, 9.17) is 4.74 Å². The summed E-state index contributed by atoms with van der Waals surface area (Å²) >= 11 is 0. The second-order valence-electron chi connectivity index (χ2n) is 6.77. The molecule has 0 unspecified atom stereocenters. The van der Waals surface area contributed by atoms with E-state index in [1.807, 2.05) is 6.07 Å². The van der Waals surface area contributed by atoms with E-state index in [2.05, 4.69) is 9.97 Å². The average molecular weight is 401 g/mol. The zero-order valence-electron chi connectivity index (χ0n) is 16.2. The van der Waals surface area contributed by atoms with Gasteiger partial charge in [0.15, 0.2) is 0 Å². The van der Waals surface area contributed by atoms with Crippen LogP contribution in [0.1, 0.15) is 22.9 Å². The standard InChI is InChI=1S/C23H19N3O4/c1-30-17-8-4-7-16(12-17)21(27)19-20(18-9-2-3-11-25-18)26(23(29)22(19)28)14-15-6-5-10-24-13-15/h2-13,20,27H,14H2,1H3/b21-19+/t20-/m0/s1. The first-order valence-electron chi connectivity index (χ1n) is 9.33. The van der Waals surface area contributed by atoms with Crippen LogP contribution in [0.15, 0.2) is 78.8 Å². The summed E-state index contributed by atoms with van der Waals surface area (Å²) in [5.74, 6) is -1.19. The Kier molecular flexibility index (Phi) is 5.26. The van der Waals surface area contributed by atoms with E-state index in [1.54, 1.807) is 67.1 Å². The van der Waals surface area contributed by atoms with Gasteiger partial charge >= 0.3 is 0 Å². The van der Waals surface area contributed by atoms with Gasteiger partial charge in [-0.2, -0.15) is 0 Å². The fourth-order valence-electron chi connectivity index (χ4n) is 3.50. The number of likely N-dealkylation sites (tertiary alicyclic amines) is 1. The number of carbonyl (C=O) groups excluding carboxylic acids is 2. The molecule has 1 fully saturated rings. The first-order chi connectivity index (χ1) is 14.6. The highest BCUT2D eigenvalue weighted by molar-refractivity contribution is 6.46. The molecule has 4 rings (SSSR count). The van der Waals surface area contributed by atoms with Gasteiger partial charge in [-0.25, -0.2) is 0 Å². The van der Waals surface area contributed by atoms with Gasteiger partial charge in [-0.1, -0.05) is 24.3 Å². The van der Waals surface area contributed by atoms with E-state index in [0.29, 0.717) is 17.0 Å². The molecular weight excluding hydrogens is 382 g/mol. The second-order valence-corrected chi connectivity index (χ2v) is 6.77. The molecule has 0 spiro atoms. The second kappa shape index (κ2) is 8.16. The van der Waals surface area contributed by atoms with Gasteiger partial charge in [0.2, 0.25) is 0 Å². The van der Waals surface area contributed by atoms with E-state index in [0.717, 1.165) is 5.56 Å². The Morgan fingerprint density at radius 1 is 1.10 bits per heavy atom. The van der Waals surface area contributed by atoms with Crippen molar-refractivity contribution in [2.24, 2.45) is 0 Å². The number of Topliss-reactive ketones (excluding diaryl/α,β-unsaturated/α-hetero) is 1. The summed E-state index contributed by atoms with van der Waals surface area (Å²) in [4.78, 5) is 35.7. The van der Waals surface area contributed by atoms with Crippen molar-refractivity contribution in [2.45, 2.75) is 12.6 Å². The molecule has 1 aromatic carbocycles. The molecule has 3 aromatic rings. The third kappa shape index (κ3) is 3.53. The van der Waals surface area contributed by atoms with Crippen LogP contribution in [0.2, 0.25) is 0 Å². The Balaban J connectivity index is 1.85. The fourth-order valence-corrected chi connectivity index (χ4v) is 3.50. The van der Waals surface area contributed by atoms with Crippen LogP contribution in [0.5, 0.6) is 5.75 Å². The average Bonchev–Trinajstić information content (AvgIpc) is 3.05. The Morgan fingerprint density at radius 3 is 2.67 bits per heavy atom. The normalized spacial score (nSPS) is 17.9. The van der Waals surface area contributed by atoms with E-state index in [9.17, 15) is 14.7 Å². The lowest BCUT2D eigenvalue weighted by Crippen LogP contribution is -2.29. The summed E-state index contributed by atoms with van der Waals surface area (Å²) in [6.45, 7) is 0.161. The molecule has 1 N–H and O–H groups in total. The fraction of sp³-hybridized carbons (Fsp3) is 0.130. The van der Waals surface area contributed by atoms with Gasteiger partial charge in [0, 0.05) is 30.7 Å². The predicted molar refractivity (Wildman–Crippen MR) is 109 cm³/mol.